The normalized spacial score (nSPS) is 15.2. The summed E-state index contributed by atoms with van der Waals surface area (Å²) < 4.78 is 44.0. The molecular weight excluding hydrogens is 447 g/mol. The maximum atomic E-state index is 14.3. The molecule has 0 radical (unpaired) electrons. The van der Waals surface area contributed by atoms with Crippen molar-refractivity contribution < 1.29 is 23.1 Å². The van der Waals surface area contributed by atoms with Gasteiger partial charge in [0, 0.05) is 24.7 Å². The maximum absolute atomic E-state index is 14.3. The first-order valence-electron chi connectivity index (χ1n) is 10.6. The number of benzene rings is 1. The van der Waals surface area contributed by atoms with Crippen molar-refractivity contribution in [2.24, 2.45) is 0 Å². The number of β-amino-alcohol motifs (C(OH)–C–C–N with tert-alkyl or cyclic N) is 1. The lowest BCUT2D eigenvalue weighted by Gasteiger charge is -2.36. The van der Waals surface area contributed by atoms with Crippen molar-refractivity contribution in [3.8, 4) is 0 Å². The number of amides is 1. The van der Waals surface area contributed by atoms with E-state index in [2.05, 4.69) is 15.3 Å². The fraction of sp³-hybridized carbons (Fsp3) is 0.208. The lowest BCUT2D eigenvalue weighted by Crippen LogP contribution is -2.51. The lowest BCUT2D eigenvalue weighted by atomic mass is 10.1. The number of hydrogen-bond acceptors (Lipinski definition) is 5. The standard InChI is InChI=1S/C24H20F3N5O2/c25-24(26,27)21(15-5-2-1-3-6-15)32-19(11-16-7-4-10-28-22(16)32)23(34)30-17-8-9-20(29-12-17)31-13-18(33)14-31/h1-12,18,21,33H,13-14H2,(H,30,34). The summed E-state index contributed by atoms with van der Waals surface area (Å²) in [6.07, 6.45) is -2.23. The number of halogens is 3. The summed E-state index contributed by atoms with van der Waals surface area (Å²) in [6.45, 7) is 0.953. The highest BCUT2D eigenvalue weighted by Gasteiger charge is 2.44. The van der Waals surface area contributed by atoms with Crippen molar-refractivity contribution in [3.05, 3.63) is 84.3 Å². The van der Waals surface area contributed by atoms with Gasteiger partial charge in [-0.15, -0.1) is 0 Å². The largest absolute Gasteiger partial charge is 0.413 e. The topological polar surface area (TPSA) is 83.3 Å². The number of anilines is 2. The molecule has 0 aliphatic carbocycles. The number of carbonyl (C=O) groups excluding carboxylic acids is 1. The van der Waals surface area contributed by atoms with Gasteiger partial charge in [-0.3, -0.25) is 4.79 Å². The fourth-order valence-electron chi connectivity index (χ4n) is 4.09. The summed E-state index contributed by atoms with van der Waals surface area (Å²) in [5, 5.41) is 12.5. The molecule has 0 saturated carbocycles. The predicted octanol–water partition coefficient (Wildman–Crippen LogP) is 4.02. The molecule has 1 aliphatic heterocycles. The molecule has 1 amide bonds. The van der Waals surface area contributed by atoms with E-state index in [4.69, 9.17) is 0 Å². The van der Waals surface area contributed by atoms with Gasteiger partial charge >= 0.3 is 6.18 Å². The molecule has 7 nitrogen and oxygen atoms in total. The molecule has 5 rings (SSSR count). The Hall–Kier alpha value is -3.92. The molecule has 174 valence electrons. The predicted molar refractivity (Wildman–Crippen MR) is 121 cm³/mol. The summed E-state index contributed by atoms with van der Waals surface area (Å²) >= 11 is 0. The first-order chi connectivity index (χ1) is 16.3. The van der Waals surface area contributed by atoms with E-state index in [1.165, 1.54) is 42.7 Å². The second kappa shape index (κ2) is 8.45. The monoisotopic (exact) mass is 467 g/mol. The van der Waals surface area contributed by atoms with Crippen LogP contribution >= 0.6 is 0 Å². The minimum atomic E-state index is -4.68. The number of fused-ring (bicyclic) bond motifs is 1. The number of rotatable bonds is 5. The van der Waals surface area contributed by atoms with E-state index in [9.17, 15) is 23.1 Å². The molecule has 10 heteroatoms. The minimum Gasteiger partial charge on any atom is -0.389 e. The summed E-state index contributed by atoms with van der Waals surface area (Å²) in [5.41, 5.74) is 0.219. The number of aliphatic hydroxyl groups is 1. The molecule has 34 heavy (non-hydrogen) atoms. The van der Waals surface area contributed by atoms with Gasteiger partial charge in [0.2, 0.25) is 0 Å². The molecule has 1 unspecified atom stereocenters. The van der Waals surface area contributed by atoms with Gasteiger partial charge in [-0.2, -0.15) is 13.2 Å². The Kier molecular flexibility index (Phi) is 5.45. The van der Waals surface area contributed by atoms with Crippen molar-refractivity contribution in [1.29, 1.82) is 0 Å². The second-order valence-electron chi connectivity index (χ2n) is 8.09. The number of pyridine rings is 2. The van der Waals surface area contributed by atoms with Crippen LogP contribution in [0.2, 0.25) is 0 Å². The summed E-state index contributed by atoms with van der Waals surface area (Å²) in [6, 6.07) is 13.3. The first-order valence-corrected chi connectivity index (χ1v) is 10.6. The summed E-state index contributed by atoms with van der Waals surface area (Å²) in [7, 11) is 0. The van der Waals surface area contributed by atoms with E-state index in [0.29, 0.717) is 30.0 Å². The third kappa shape index (κ3) is 4.08. The van der Waals surface area contributed by atoms with Crippen molar-refractivity contribution in [3.63, 3.8) is 0 Å². The highest BCUT2D eigenvalue weighted by atomic mass is 19.4. The van der Waals surface area contributed by atoms with Gasteiger partial charge in [0.1, 0.15) is 17.2 Å². The molecule has 1 atom stereocenters. The van der Waals surface area contributed by atoms with Gasteiger partial charge in [0.05, 0.1) is 18.0 Å². The zero-order valence-corrected chi connectivity index (χ0v) is 17.8. The number of nitrogens with zero attached hydrogens (tertiary/aromatic N) is 4. The number of alkyl halides is 3. The lowest BCUT2D eigenvalue weighted by molar-refractivity contribution is -0.156. The van der Waals surface area contributed by atoms with Crippen molar-refractivity contribution in [2.45, 2.75) is 18.3 Å². The quantitative estimate of drug-likeness (QED) is 0.463. The van der Waals surface area contributed by atoms with E-state index in [1.54, 1.807) is 30.3 Å². The Balaban J connectivity index is 1.52. The molecule has 0 bridgehead atoms. The molecule has 1 saturated heterocycles. The van der Waals surface area contributed by atoms with Crippen LogP contribution in [0.5, 0.6) is 0 Å². The fourth-order valence-corrected chi connectivity index (χ4v) is 4.09. The Labute approximate surface area is 192 Å². The van der Waals surface area contributed by atoms with Gasteiger partial charge in [0.25, 0.3) is 5.91 Å². The molecule has 1 fully saturated rings. The zero-order valence-electron chi connectivity index (χ0n) is 17.8. The molecule has 1 aliphatic rings. The van der Waals surface area contributed by atoms with Crippen molar-refractivity contribution >= 4 is 28.4 Å². The third-order valence-electron chi connectivity index (χ3n) is 5.71. The highest BCUT2D eigenvalue weighted by Crippen LogP contribution is 2.39. The maximum Gasteiger partial charge on any atom is 0.413 e. The molecule has 4 aromatic rings. The Morgan fingerprint density at radius 2 is 1.82 bits per heavy atom. The van der Waals surface area contributed by atoms with E-state index < -0.39 is 18.1 Å². The number of aromatic nitrogens is 3. The van der Waals surface area contributed by atoms with Gasteiger partial charge in [-0.05, 0) is 35.9 Å². The number of hydrogen-bond donors (Lipinski definition) is 2. The van der Waals surface area contributed by atoms with Gasteiger partial charge in [-0.25, -0.2) is 9.97 Å². The summed E-state index contributed by atoms with van der Waals surface area (Å²) in [4.78, 5) is 23.5. The first kappa shape index (κ1) is 21.9. The van der Waals surface area contributed by atoms with E-state index in [1.807, 2.05) is 4.90 Å². The molecule has 3 aromatic heterocycles. The average Bonchev–Trinajstić information content (AvgIpc) is 3.17. The smallest absolute Gasteiger partial charge is 0.389 e. The van der Waals surface area contributed by atoms with E-state index >= 15 is 0 Å². The van der Waals surface area contributed by atoms with Crippen LogP contribution in [0.15, 0.2) is 73.1 Å². The minimum absolute atomic E-state index is 0.00467. The van der Waals surface area contributed by atoms with Gasteiger partial charge in [-0.1, -0.05) is 30.3 Å². The second-order valence-corrected chi connectivity index (χ2v) is 8.09. The van der Waals surface area contributed by atoms with E-state index in [-0.39, 0.29) is 23.0 Å². The Morgan fingerprint density at radius 3 is 2.47 bits per heavy atom. The van der Waals surface area contributed by atoms with Crippen LogP contribution in [0.3, 0.4) is 0 Å². The van der Waals surface area contributed by atoms with E-state index in [0.717, 1.165) is 4.57 Å². The van der Waals surface area contributed by atoms with Crippen LogP contribution in [0.25, 0.3) is 11.0 Å². The van der Waals surface area contributed by atoms with Gasteiger partial charge in [0.15, 0.2) is 6.04 Å². The summed E-state index contributed by atoms with van der Waals surface area (Å²) in [5.74, 6) is -0.0695. The van der Waals surface area contributed by atoms with Crippen LogP contribution in [-0.2, 0) is 0 Å². The Morgan fingerprint density at radius 1 is 1.06 bits per heavy atom. The van der Waals surface area contributed by atoms with Crippen molar-refractivity contribution in [2.75, 3.05) is 23.3 Å². The molecule has 4 heterocycles. The highest BCUT2D eigenvalue weighted by molar-refractivity contribution is 6.06. The average molecular weight is 467 g/mol. The molecule has 0 spiro atoms. The zero-order chi connectivity index (χ0) is 23.9. The number of nitrogens with one attached hydrogen (secondary N) is 1. The van der Waals surface area contributed by atoms with Crippen LogP contribution in [0.1, 0.15) is 22.1 Å². The van der Waals surface area contributed by atoms with Crippen LogP contribution in [0, 0.1) is 0 Å². The van der Waals surface area contributed by atoms with Crippen LogP contribution < -0.4 is 10.2 Å². The third-order valence-corrected chi connectivity index (χ3v) is 5.71. The van der Waals surface area contributed by atoms with Crippen LogP contribution in [0.4, 0.5) is 24.7 Å². The van der Waals surface area contributed by atoms with Crippen molar-refractivity contribution in [1.82, 2.24) is 14.5 Å². The molecule has 2 N–H and O–H groups in total. The SMILES string of the molecule is O=C(Nc1ccc(N2CC(O)C2)nc1)c1cc2cccnc2n1C(c1ccccc1)C(F)(F)F. The van der Waals surface area contributed by atoms with Gasteiger partial charge < -0.3 is 19.9 Å². The molecule has 1 aromatic carbocycles. The van der Waals surface area contributed by atoms with Crippen LogP contribution in [-0.4, -0.2) is 50.9 Å². The number of carbonyl (C=O) groups is 1. The number of aliphatic hydroxyl groups excluding tert-OH is 1. The molecular formula is C24H20F3N5O2. The Bertz CT molecular complexity index is 1320.